The number of carbonyl (C=O) groups is 2. The zero-order valence-electron chi connectivity index (χ0n) is 19.4. The van der Waals surface area contributed by atoms with Crippen LogP contribution in [-0.2, 0) is 16.4 Å². The fourth-order valence-electron chi connectivity index (χ4n) is 5.46. The van der Waals surface area contributed by atoms with E-state index >= 15 is 0 Å². The number of nitrogens with two attached hydrogens (primary N) is 1. The van der Waals surface area contributed by atoms with E-state index < -0.39 is 23.2 Å². The Hall–Kier alpha value is -3.07. The van der Waals surface area contributed by atoms with Gasteiger partial charge in [-0.05, 0) is 55.0 Å². The minimum absolute atomic E-state index is 0.0885. The molecular formula is C26H29F3N4O2. The molecule has 0 bridgehead atoms. The molecule has 2 aromatic carbocycles. The summed E-state index contributed by atoms with van der Waals surface area (Å²) in [4.78, 5) is 29.7. The van der Waals surface area contributed by atoms with Crippen LogP contribution in [0, 0.1) is 0 Å². The molecule has 9 heteroatoms. The number of hydrogen-bond donors (Lipinski definition) is 2. The Morgan fingerprint density at radius 1 is 1.03 bits per heavy atom. The lowest BCUT2D eigenvalue weighted by molar-refractivity contribution is -0.138. The van der Waals surface area contributed by atoms with Crippen LogP contribution >= 0.6 is 0 Å². The molecule has 1 aliphatic carbocycles. The Bertz CT molecular complexity index is 1140. The van der Waals surface area contributed by atoms with E-state index in [0.717, 1.165) is 43.2 Å². The number of rotatable bonds is 5. The molecule has 3 aliphatic rings. The van der Waals surface area contributed by atoms with Gasteiger partial charge in [-0.15, -0.1) is 0 Å². The number of primary amides is 1. The van der Waals surface area contributed by atoms with Crippen molar-refractivity contribution in [3.63, 3.8) is 0 Å². The summed E-state index contributed by atoms with van der Waals surface area (Å²) in [7, 11) is 0. The van der Waals surface area contributed by atoms with Crippen LogP contribution in [0.15, 0.2) is 42.5 Å². The zero-order valence-corrected chi connectivity index (χ0v) is 19.4. The normalized spacial score (nSPS) is 21.7. The molecule has 0 aromatic heterocycles. The SMILES string of the molecule is NC(=O)C1(c2ccc(C(=O)N3CCNC[C@@H]3c3ccccc3C(F)(F)F)c(N3CCCC3)c2)CC1. The minimum Gasteiger partial charge on any atom is -0.371 e. The number of halogens is 3. The second-order valence-corrected chi connectivity index (χ2v) is 9.68. The fourth-order valence-corrected chi connectivity index (χ4v) is 5.46. The first-order chi connectivity index (χ1) is 16.7. The molecule has 2 aromatic rings. The standard InChI is InChI=1S/C26H29F3N4O2/c27-26(28,29)20-6-2-1-5-18(20)22-16-31-11-14-33(22)23(34)19-8-7-17(25(9-10-25)24(30)35)15-21(19)32-12-3-4-13-32/h1-2,5-8,15,22,31H,3-4,9-14,16H2,(H2,30,35)/t22-/m1/s1. The van der Waals surface area contributed by atoms with Crippen molar-refractivity contribution in [3.8, 4) is 0 Å². The minimum atomic E-state index is -4.52. The summed E-state index contributed by atoms with van der Waals surface area (Å²) < 4.78 is 41.3. The highest BCUT2D eigenvalue weighted by atomic mass is 19.4. The quantitative estimate of drug-likeness (QED) is 0.677. The Labute approximate surface area is 202 Å². The van der Waals surface area contributed by atoms with Gasteiger partial charge >= 0.3 is 6.18 Å². The molecule has 0 unspecified atom stereocenters. The Balaban J connectivity index is 1.54. The molecular weight excluding hydrogens is 457 g/mol. The maximum Gasteiger partial charge on any atom is 0.416 e. The number of carbonyl (C=O) groups excluding carboxylic acids is 2. The van der Waals surface area contributed by atoms with E-state index in [2.05, 4.69) is 10.2 Å². The largest absolute Gasteiger partial charge is 0.416 e. The molecule has 1 saturated carbocycles. The predicted molar refractivity (Wildman–Crippen MR) is 126 cm³/mol. The first kappa shape index (κ1) is 23.7. The van der Waals surface area contributed by atoms with Crippen LogP contribution < -0.4 is 16.0 Å². The molecule has 2 amide bonds. The highest BCUT2D eigenvalue weighted by molar-refractivity contribution is 6.01. The van der Waals surface area contributed by atoms with Gasteiger partial charge in [-0.1, -0.05) is 24.3 Å². The van der Waals surface area contributed by atoms with Crippen molar-refractivity contribution in [2.75, 3.05) is 37.6 Å². The van der Waals surface area contributed by atoms with Gasteiger partial charge in [0.2, 0.25) is 5.91 Å². The third-order valence-electron chi connectivity index (χ3n) is 7.58. The molecule has 35 heavy (non-hydrogen) atoms. The van der Waals surface area contributed by atoms with Crippen molar-refractivity contribution in [2.24, 2.45) is 5.73 Å². The smallest absolute Gasteiger partial charge is 0.371 e. The van der Waals surface area contributed by atoms with Crippen LogP contribution in [0.25, 0.3) is 0 Å². The van der Waals surface area contributed by atoms with E-state index in [1.54, 1.807) is 23.1 Å². The number of nitrogens with zero attached hydrogens (tertiary/aromatic N) is 2. The molecule has 5 rings (SSSR count). The van der Waals surface area contributed by atoms with E-state index in [0.29, 0.717) is 31.5 Å². The van der Waals surface area contributed by atoms with Gasteiger partial charge in [-0.3, -0.25) is 9.59 Å². The summed E-state index contributed by atoms with van der Waals surface area (Å²) in [5, 5.41) is 3.14. The molecule has 1 atom stereocenters. The van der Waals surface area contributed by atoms with Crippen LogP contribution in [0.2, 0.25) is 0 Å². The number of anilines is 1. The number of amides is 2. The van der Waals surface area contributed by atoms with E-state index in [9.17, 15) is 22.8 Å². The molecule has 3 fully saturated rings. The van der Waals surface area contributed by atoms with Crippen molar-refractivity contribution >= 4 is 17.5 Å². The molecule has 2 aliphatic heterocycles. The van der Waals surface area contributed by atoms with Crippen LogP contribution in [0.3, 0.4) is 0 Å². The molecule has 186 valence electrons. The zero-order chi connectivity index (χ0) is 24.8. The van der Waals surface area contributed by atoms with Gasteiger partial charge in [0.15, 0.2) is 0 Å². The number of nitrogens with one attached hydrogen (secondary N) is 1. The van der Waals surface area contributed by atoms with Crippen LogP contribution in [0.5, 0.6) is 0 Å². The van der Waals surface area contributed by atoms with Crippen molar-refractivity contribution in [3.05, 3.63) is 64.7 Å². The highest BCUT2D eigenvalue weighted by Crippen LogP contribution is 2.49. The third kappa shape index (κ3) is 4.26. The lowest BCUT2D eigenvalue weighted by Crippen LogP contribution is -2.49. The van der Waals surface area contributed by atoms with Crippen molar-refractivity contribution in [1.29, 1.82) is 0 Å². The maximum atomic E-state index is 13.9. The topological polar surface area (TPSA) is 78.7 Å². The second-order valence-electron chi connectivity index (χ2n) is 9.68. The first-order valence-electron chi connectivity index (χ1n) is 12.1. The van der Waals surface area contributed by atoms with Gasteiger partial charge in [0.25, 0.3) is 5.91 Å². The molecule has 6 nitrogen and oxygen atoms in total. The summed E-state index contributed by atoms with van der Waals surface area (Å²) in [5.41, 5.74) is 6.37. The molecule has 3 N–H and O–H groups in total. The van der Waals surface area contributed by atoms with Crippen LogP contribution in [0.1, 0.15) is 58.8 Å². The Morgan fingerprint density at radius 2 is 1.74 bits per heavy atom. The average molecular weight is 487 g/mol. The third-order valence-corrected chi connectivity index (χ3v) is 7.58. The monoisotopic (exact) mass is 486 g/mol. The first-order valence-corrected chi connectivity index (χ1v) is 12.1. The van der Waals surface area contributed by atoms with Gasteiger partial charge in [0, 0.05) is 38.4 Å². The van der Waals surface area contributed by atoms with E-state index in [-0.39, 0.29) is 23.9 Å². The van der Waals surface area contributed by atoms with Crippen molar-refractivity contribution in [2.45, 2.75) is 43.3 Å². The highest BCUT2D eigenvalue weighted by Gasteiger charge is 2.50. The van der Waals surface area contributed by atoms with Gasteiger partial charge in [0.1, 0.15) is 0 Å². The number of piperazine rings is 1. The summed E-state index contributed by atoms with van der Waals surface area (Å²) in [6.45, 7) is 2.60. The van der Waals surface area contributed by atoms with E-state index in [1.165, 1.54) is 12.1 Å². The summed E-state index contributed by atoms with van der Waals surface area (Å²) in [5.74, 6) is -0.666. The van der Waals surface area contributed by atoms with Gasteiger partial charge in [0.05, 0.1) is 22.6 Å². The number of hydrogen-bond acceptors (Lipinski definition) is 4. The maximum absolute atomic E-state index is 13.9. The summed E-state index contributed by atoms with van der Waals surface area (Å²) in [6, 6.07) is 10.1. The van der Waals surface area contributed by atoms with E-state index in [1.807, 2.05) is 6.07 Å². The average Bonchev–Trinajstić information content (AvgIpc) is 3.50. The van der Waals surface area contributed by atoms with Gasteiger partial charge in [-0.25, -0.2) is 0 Å². The summed E-state index contributed by atoms with van der Waals surface area (Å²) in [6.07, 6.45) is -1.16. The number of alkyl halides is 3. The molecule has 2 saturated heterocycles. The van der Waals surface area contributed by atoms with Crippen molar-refractivity contribution in [1.82, 2.24) is 10.2 Å². The van der Waals surface area contributed by atoms with Crippen LogP contribution in [0.4, 0.5) is 18.9 Å². The molecule has 2 heterocycles. The van der Waals surface area contributed by atoms with E-state index in [4.69, 9.17) is 5.73 Å². The molecule has 0 spiro atoms. The second kappa shape index (κ2) is 8.86. The fraction of sp³-hybridized carbons (Fsp3) is 0.462. The van der Waals surface area contributed by atoms with Crippen LogP contribution in [-0.4, -0.2) is 49.4 Å². The van der Waals surface area contributed by atoms with Gasteiger partial charge in [-0.2, -0.15) is 13.2 Å². The molecule has 0 radical (unpaired) electrons. The Morgan fingerprint density at radius 3 is 2.40 bits per heavy atom. The Kier molecular flexibility index (Phi) is 5.99. The number of benzene rings is 2. The van der Waals surface area contributed by atoms with Crippen molar-refractivity contribution < 1.29 is 22.8 Å². The predicted octanol–water partition coefficient (Wildman–Crippen LogP) is 3.61. The van der Waals surface area contributed by atoms with Gasteiger partial charge < -0.3 is 20.9 Å². The lowest BCUT2D eigenvalue weighted by Gasteiger charge is -2.38. The summed E-state index contributed by atoms with van der Waals surface area (Å²) >= 11 is 0. The lowest BCUT2D eigenvalue weighted by atomic mass is 9.92.